The molecule has 27 heavy (non-hydrogen) atoms. The summed E-state index contributed by atoms with van der Waals surface area (Å²) in [6.07, 6.45) is 3.65. The quantitative estimate of drug-likeness (QED) is 0.525. The van der Waals surface area contributed by atoms with Gasteiger partial charge in [0.1, 0.15) is 12.4 Å². The van der Waals surface area contributed by atoms with E-state index in [2.05, 4.69) is 27.6 Å². The Bertz CT molecular complexity index is 627. The molecule has 1 aromatic rings. The zero-order valence-corrected chi connectivity index (χ0v) is 16.7. The molecule has 1 aromatic heterocycles. The van der Waals surface area contributed by atoms with Gasteiger partial charge in [-0.25, -0.2) is 9.67 Å². The molecular weight excluding hydrogens is 348 g/mol. The van der Waals surface area contributed by atoms with Crippen LogP contribution >= 0.6 is 0 Å². The van der Waals surface area contributed by atoms with Gasteiger partial charge in [-0.2, -0.15) is 5.10 Å². The molecule has 2 aliphatic heterocycles. The maximum atomic E-state index is 5.79. The second-order valence-electron chi connectivity index (χ2n) is 7.13. The van der Waals surface area contributed by atoms with E-state index in [0.29, 0.717) is 13.2 Å². The van der Waals surface area contributed by atoms with Crippen molar-refractivity contribution in [3.05, 3.63) is 11.6 Å². The van der Waals surface area contributed by atoms with E-state index in [1.165, 1.54) is 0 Å². The molecule has 0 bridgehead atoms. The molecule has 0 radical (unpaired) electrons. The van der Waals surface area contributed by atoms with Crippen LogP contribution in [0.15, 0.2) is 4.99 Å². The number of ether oxygens (including phenoxy) is 3. The number of hydrogen-bond donors (Lipinski definition) is 2. The highest BCUT2D eigenvalue weighted by Crippen LogP contribution is 2.24. The van der Waals surface area contributed by atoms with Gasteiger partial charge in [0.25, 0.3) is 0 Å². The van der Waals surface area contributed by atoms with Gasteiger partial charge >= 0.3 is 0 Å². The molecule has 9 nitrogen and oxygen atoms in total. The lowest BCUT2D eigenvalue weighted by Gasteiger charge is -2.35. The average molecular weight is 380 g/mol. The average Bonchev–Trinajstić information content (AvgIpc) is 3.09. The fraction of sp³-hybridized carbons (Fsp3) is 0.833. The number of aryl methyl sites for hydroxylation is 1. The van der Waals surface area contributed by atoms with Crippen LogP contribution in [-0.4, -0.2) is 72.9 Å². The van der Waals surface area contributed by atoms with E-state index in [4.69, 9.17) is 19.2 Å². The van der Waals surface area contributed by atoms with Gasteiger partial charge in [-0.05, 0) is 13.3 Å². The van der Waals surface area contributed by atoms with Gasteiger partial charge in [-0.15, -0.1) is 0 Å². The summed E-state index contributed by atoms with van der Waals surface area (Å²) in [6, 6.07) is 0.264. The van der Waals surface area contributed by atoms with Crippen LogP contribution in [0.5, 0.6) is 0 Å². The minimum absolute atomic E-state index is 0.221. The molecule has 3 heterocycles. The van der Waals surface area contributed by atoms with E-state index in [1.807, 2.05) is 4.68 Å². The highest BCUT2D eigenvalue weighted by atomic mass is 16.5. The van der Waals surface area contributed by atoms with Gasteiger partial charge < -0.3 is 24.8 Å². The molecular formula is C18H32N6O3. The summed E-state index contributed by atoms with van der Waals surface area (Å²) in [6.45, 7) is 6.20. The van der Waals surface area contributed by atoms with Gasteiger partial charge in [-0.3, -0.25) is 4.99 Å². The molecule has 0 aliphatic carbocycles. The number of guanidine groups is 1. The van der Waals surface area contributed by atoms with E-state index >= 15 is 0 Å². The zero-order valence-electron chi connectivity index (χ0n) is 16.7. The summed E-state index contributed by atoms with van der Waals surface area (Å²) in [4.78, 5) is 9.35. The number of rotatable bonds is 7. The Morgan fingerprint density at radius 1 is 1.37 bits per heavy atom. The van der Waals surface area contributed by atoms with E-state index in [1.54, 1.807) is 14.2 Å². The largest absolute Gasteiger partial charge is 0.381 e. The van der Waals surface area contributed by atoms with E-state index < -0.39 is 0 Å². The van der Waals surface area contributed by atoms with Gasteiger partial charge in [0.2, 0.25) is 0 Å². The molecule has 1 unspecified atom stereocenters. The second-order valence-corrected chi connectivity index (χ2v) is 7.13. The number of hydrogen-bond acceptors (Lipinski definition) is 6. The normalized spacial score (nSPS) is 22.3. The molecule has 3 rings (SSSR count). The van der Waals surface area contributed by atoms with Crippen molar-refractivity contribution in [2.24, 2.45) is 4.99 Å². The Balaban J connectivity index is 1.61. The maximum Gasteiger partial charge on any atom is 0.191 e. The lowest BCUT2D eigenvalue weighted by Crippen LogP contribution is -2.48. The summed E-state index contributed by atoms with van der Waals surface area (Å²) >= 11 is 0. The summed E-state index contributed by atoms with van der Waals surface area (Å²) in [7, 11) is 3.43. The van der Waals surface area contributed by atoms with Crippen LogP contribution in [0.3, 0.4) is 0 Å². The fourth-order valence-corrected chi connectivity index (χ4v) is 3.58. The van der Waals surface area contributed by atoms with E-state index in [-0.39, 0.29) is 11.6 Å². The van der Waals surface area contributed by atoms with Crippen LogP contribution in [0.1, 0.15) is 37.8 Å². The monoisotopic (exact) mass is 380 g/mol. The van der Waals surface area contributed by atoms with Crippen molar-refractivity contribution >= 4 is 5.96 Å². The van der Waals surface area contributed by atoms with Crippen molar-refractivity contribution < 1.29 is 14.2 Å². The molecule has 1 saturated heterocycles. The topological polar surface area (TPSA) is 94.8 Å². The molecule has 152 valence electrons. The van der Waals surface area contributed by atoms with Gasteiger partial charge in [0.15, 0.2) is 11.8 Å². The van der Waals surface area contributed by atoms with Crippen LogP contribution in [0.2, 0.25) is 0 Å². The Labute approximate surface area is 160 Å². The summed E-state index contributed by atoms with van der Waals surface area (Å²) < 4.78 is 18.4. The summed E-state index contributed by atoms with van der Waals surface area (Å²) in [5.41, 5.74) is -0.221. The predicted octanol–water partition coefficient (Wildman–Crippen LogP) is 0.490. The van der Waals surface area contributed by atoms with Crippen molar-refractivity contribution in [2.75, 3.05) is 40.5 Å². The lowest BCUT2D eigenvalue weighted by atomic mass is 9.94. The fourth-order valence-electron chi connectivity index (χ4n) is 3.58. The lowest BCUT2D eigenvalue weighted by molar-refractivity contribution is -0.0828. The van der Waals surface area contributed by atoms with Gasteiger partial charge in [0.05, 0.1) is 18.7 Å². The number of fused-ring (bicyclic) bond motifs is 1. The second kappa shape index (κ2) is 9.48. The minimum atomic E-state index is -0.221. The first-order chi connectivity index (χ1) is 13.2. The molecule has 9 heteroatoms. The number of nitrogens with one attached hydrogen (secondary N) is 2. The van der Waals surface area contributed by atoms with Crippen LogP contribution < -0.4 is 10.6 Å². The van der Waals surface area contributed by atoms with E-state index in [9.17, 15) is 0 Å². The maximum absolute atomic E-state index is 5.79. The molecule has 1 fully saturated rings. The Hall–Kier alpha value is -1.71. The first-order valence-electron chi connectivity index (χ1n) is 9.77. The van der Waals surface area contributed by atoms with Crippen molar-refractivity contribution in [1.82, 2.24) is 25.4 Å². The third-order valence-corrected chi connectivity index (χ3v) is 5.22. The van der Waals surface area contributed by atoms with E-state index in [0.717, 1.165) is 69.6 Å². The highest BCUT2D eigenvalue weighted by molar-refractivity contribution is 5.80. The standard InChI is InChI=1S/C18H32N6O3/c1-4-19-17(20-13-18(26-3)7-9-27-10-8-18)21-14-5-6-16-22-15(12-25-2)23-24(16)11-14/h14H,4-13H2,1-3H3,(H2,19,20,21). The SMILES string of the molecule is CCNC(=NCC1(OC)CCOCC1)NC1CCc2nc(COC)nn2C1. The Morgan fingerprint density at radius 2 is 2.19 bits per heavy atom. The van der Waals surface area contributed by atoms with Crippen molar-refractivity contribution in [2.45, 2.75) is 57.4 Å². The van der Waals surface area contributed by atoms with Gasteiger partial charge in [-0.1, -0.05) is 0 Å². The van der Waals surface area contributed by atoms with Crippen LogP contribution in [-0.2, 0) is 33.8 Å². The summed E-state index contributed by atoms with van der Waals surface area (Å²) in [5, 5.41) is 11.4. The Kier molecular flexibility index (Phi) is 7.03. The smallest absolute Gasteiger partial charge is 0.191 e. The van der Waals surface area contributed by atoms with Crippen molar-refractivity contribution in [3.8, 4) is 0 Å². The molecule has 2 N–H and O–H groups in total. The van der Waals surface area contributed by atoms with Crippen LogP contribution in [0.25, 0.3) is 0 Å². The van der Waals surface area contributed by atoms with Crippen LogP contribution in [0, 0.1) is 0 Å². The molecule has 0 spiro atoms. The first kappa shape index (κ1) is 20.0. The number of methoxy groups -OCH3 is 2. The molecule has 0 amide bonds. The predicted molar refractivity (Wildman–Crippen MR) is 102 cm³/mol. The zero-order chi connectivity index (χ0) is 19.1. The van der Waals surface area contributed by atoms with Crippen LogP contribution in [0.4, 0.5) is 0 Å². The third kappa shape index (κ3) is 5.18. The Morgan fingerprint density at radius 3 is 2.89 bits per heavy atom. The van der Waals surface area contributed by atoms with Gasteiger partial charge in [0, 0.05) is 59.3 Å². The minimum Gasteiger partial charge on any atom is -0.381 e. The molecule has 2 aliphatic rings. The summed E-state index contributed by atoms with van der Waals surface area (Å²) in [5.74, 6) is 2.60. The first-order valence-corrected chi connectivity index (χ1v) is 9.77. The molecule has 0 saturated carbocycles. The molecule has 1 atom stereocenters. The third-order valence-electron chi connectivity index (χ3n) is 5.22. The number of nitrogens with zero attached hydrogens (tertiary/aromatic N) is 4. The number of aromatic nitrogens is 3. The highest BCUT2D eigenvalue weighted by Gasteiger charge is 2.32. The number of aliphatic imine (C=N–C) groups is 1. The molecule has 0 aromatic carbocycles. The van der Waals surface area contributed by atoms with Crippen molar-refractivity contribution in [3.63, 3.8) is 0 Å². The van der Waals surface area contributed by atoms with Crippen molar-refractivity contribution in [1.29, 1.82) is 0 Å².